The molecule has 33 heavy (non-hydrogen) atoms. The van der Waals surface area contributed by atoms with Gasteiger partial charge in [-0.15, -0.1) is 11.3 Å². The summed E-state index contributed by atoms with van der Waals surface area (Å²) in [6.07, 6.45) is 0.260. The van der Waals surface area contributed by atoms with Gasteiger partial charge >= 0.3 is 0 Å². The van der Waals surface area contributed by atoms with Gasteiger partial charge in [0.05, 0.1) is 30.3 Å². The zero-order chi connectivity index (χ0) is 23.2. The maximum absolute atomic E-state index is 13.5. The second-order valence-corrected chi connectivity index (χ2v) is 9.50. The van der Waals surface area contributed by atoms with E-state index in [1.807, 2.05) is 73.7 Å². The molecule has 0 saturated heterocycles. The number of hydrogen-bond donors (Lipinski definition) is 1. The monoisotopic (exact) mass is 474 g/mol. The Hall–Kier alpha value is -3.41. The number of rotatable bonds is 8. The summed E-state index contributed by atoms with van der Waals surface area (Å²) in [6, 6.07) is 21.9. The number of benzene rings is 2. The van der Waals surface area contributed by atoms with Crippen LogP contribution in [-0.2, 0) is 11.3 Å². The highest BCUT2D eigenvalue weighted by molar-refractivity contribution is 7.99. The highest BCUT2D eigenvalue weighted by Gasteiger charge is 2.17. The minimum Gasteiger partial charge on any atom is -0.354 e. The zero-order valence-corrected chi connectivity index (χ0v) is 19.7. The van der Waals surface area contributed by atoms with E-state index in [-0.39, 0.29) is 23.6 Å². The van der Waals surface area contributed by atoms with Gasteiger partial charge in [0, 0.05) is 11.4 Å². The summed E-state index contributed by atoms with van der Waals surface area (Å²) in [4.78, 5) is 31.4. The summed E-state index contributed by atoms with van der Waals surface area (Å²) in [6.45, 7) is 2.72. The van der Waals surface area contributed by atoms with Crippen LogP contribution in [-0.4, -0.2) is 27.8 Å². The zero-order valence-electron chi connectivity index (χ0n) is 18.1. The van der Waals surface area contributed by atoms with Gasteiger partial charge in [-0.25, -0.2) is 4.98 Å². The molecule has 2 aromatic heterocycles. The summed E-state index contributed by atoms with van der Waals surface area (Å²) in [7, 11) is 0. The van der Waals surface area contributed by atoms with Crippen molar-refractivity contribution in [2.45, 2.75) is 25.0 Å². The molecule has 4 aromatic rings. The van der Waals surface area contributed by atoms with Crippen LogP contribution in [0, 0.1) is 18.3 Å². The lowest BCUT2D eigenvalue weighted by Crippen LogP contribution is -2.27. The molecular weight excluding hydrogens is 452 g/mol. The van der Waals surface area contributed by atoms with Gasteiger partial charge in [-0.2, -0.15) is 5.26 Å². The number of nitrogens with one attached hydrogen (secondary N) is 1. The molecule has 1 amide bonds. The first-order valence-corrected chi connectivity index (χ1v) is 12.3. The maximum atomic E-state index is 13.5. The Morgan fingerprint density at radius 2 is 1.94 bits per heavy atom. The summed E-state index contributed by atoms with van der Waals surface area (Å²) >= 11 is 2.67. The number of carbonyl (C=O) groups is 1. The molecule has 0 aliphatic heterocycles. The first-order valence-electron chi connectivity index (χ1n) is 10.5. The summed E-state index contributed by atoms with van der Waals surface area (Å²) in [5.74, 6) is -0.0749. The Bertz CT molecular complexity index is 1370. The van der Waals surface area contributed by atoms with Crippen molar-refractivity contribution in [1.29, 1.82) is 5.26 Å². The Labute approximate surface area is 199 Å². The Balaban J connectivity index is 1.70. The number of nitrogens with zero attached hydrogens (tertiary/aromatic N) is 3. The number of carbonyl (C=O) groups excluding carboxylic acids is 1. The van der Waals surface area contributed by atoms with Crippen molar-refractivity contribution in [1.82, 2.24) is 14.9 Å². The van der Waals surface area contributed by atoms with Gasteiger partial charge in [0.15, 0.2) is 5.16 Å². The molecule has 0 atom stereocenters. The molecule has 0 unspecified atom stereocenters. The lowest BCUT2D eigenvalue weighted by Gasteiger charge is -2.12. The van der Waals surface area contributed by atoms with E-state index < -0.39 is 0 Å². The summed E-state index contributed by atoms with van der Waals surface area (Å²) < 4.78 is 2.24. The normalized spacial score (nSPS) is 10.8. The van der Waals surface area contributed by atoms with E-state index in [1.54, 1.807) is 4.57 Å². The van der Waals surface area contributed by atoms with E-state index in [0.717, 1.165) is 16.0 Å². The average Bonchev–Trinajstić information content (AvgIpc) is 3.25. The molecule has 4 rings (SSSR count). The van der Waals surface area contributed by atoms with Crippen LogP contribution >= 0.6 is 23.1 Å². The van der Waals surface area contributed by atoms with Gasteiger partial charge in [0.1, 0.15) is 4.70 Å². The van der Waals surface area contributed by atoms with E-state index in [2.05, 4.69) is 5.32 Å². The van der Waals surface area contributed by atoms with Crippen LogP contribution in [0.25, 0.3) is 20.7 Å². The van der Waals surface area contributed by atoms with Crippen LogP contribution in [0.5, 0.6) is 0 Å². The third-order valence-electron chi connectivity index (χ3n) is 5.01. The second kappa shape index (κ2) is 10.5. The maximum Gasteiger partial charge on any atom is 0.272 e. The minimum absolute atomic E-state index is 0.111. The third-order valence-corrected chi connectivity index (χ3v) is 7.15. The largest absolute Gasteiger partial charge is 0.354 e. The number of aromatic nitrogens is 2. The first kappa shape index (κ1) is 22.8. The molecule has 0 saturated carbocycles. The van der Waals surface area contributed by atoms with E-state index in [0.29, 0.717) is 28.5 Å². The van der Waals surface area contributed by atoms with Gasteiger partial charge in [-0.3, -0.25) is 14.2 Å². The average molecular weight is 475 g/mol. The first-order chi connectivity index (χ1) is 16.0. The minimum atomic E-state index is -0.193. The Kier molecular flexibility index (Phi) is 7.23. The fourth-order valence-corrected chi connectivity index (χ4v) is 5.18. The number of nitriles is 1. The molecule has 0 aliphatic carbocycles. The van der Waals surface area contributed by atoms with Crippen molar-refractivity contribution in [2.75, 3.05) is 12.3 Å². The predicted molar refractivity (Wildman–Crippen MR) is 134 cm³/mol. The molecule has 0 bridgehead atoms. The van der Waals surface area contributed by atoms with Crippen LogP contribution in [0.2, 0.25) is 0 Å². The van der Waals surface area contributed by atoms with Gasteiger partial charge < -0.3 is 5.32 Å². The molecule has 6 nitrogen and oxygen atoms in total. The van der Waals surface area contributed by atoms with Crippen LogP contribution in [0.15, 0.2) is 70.6 Å². The highest BCUT2D eigenvalue weighted by atomic mass is 32.2. The number of thioether (sulfide) groups is 1. The molecule has 166 valence electrons. The van der Waals surface area contributed by atoms with Crippen LogP contribution in [0.3, 0.4) is 0 Å². The third kappa shape index (κ3) is 5.51. The molecule has 1 N–H and O–H groups in total. The fraction of sp³-hybridized carbons (Fsp3) is 0.200. The quantitative estimate of drug-likeness (QED) is 0.229. The van der Waals surface area contributed by atoms with Crippen LogP contribution < -0.4 is 10.9 Å². The van der Waals surface area contributed by atoms with Crippen molar-refractivity contribution in [2.24, 2.45) is 0 Å². The molecule has 0 fully saturated rings. The topological polar surface area (TPSA) is 87.8 Å². The number of amides is 1. The predicted octanol–water partition coefficient (Wildman–Crippen LogP) is 4.60. The van der Waals surface area contributed by atoms with Crippen LogP contribution in [0.1, 0.15) is 17.5 Å². The number of fused-ring (bicyclic) bond motifs is 1. The van der Waals surface area contributed by atoms with E-state index in [4.69, 9.17) is 10.2 Å². The van der Waals surface area contributed by atoms with Gasteiger partial charge in [-0.1, -0.05) is 71.9 Å². The number of thiophene rings is 1. The van der Waals surface area contributed by atoms with Gasteiger partial charge in [0.25, 0.3) is 5.56 Å². The number of aryl methyl sites for hydroxylation is 1. The van der Waals surface area contributed by atoms with Crippen molar-refractivity contribution >= 4 is 39.2 Å². The lowest BCUT2D eigenvalue weighted by molar-refractivity contribution is -0.118. The SMILES string of the molecule is Cc1ccc(-c2cc3nc(SCC(=O)NCCC#N)n(Cc4ccccc4)c(=O)c3s2)cc1. The van der Waals surface area contributed by atoms with Crippen molar-refractivity contribution in [3.8, 4) is 16.5 Å². The Morgan fingerprint density at radius 1 is 1.18 bits per heavy atom. The standard InChI is InChI=1S/C25H22N4O2S2/c1-17-8-10-19(11-9-17)21-14-20-23(33-21)24(31)29(15-18-6-3-2-4-7-18)25(28-20)32-16-22(30)27-13-5-12-26/h2-4,6-11,14H,5,13,15-16H2,1H3,(H,27,30). The summed E-state index contributed by atoms with van der Waals surface area (Å²) in [5.41, 5.74) is 3.73. The van der Waals surface area contributed by atoms with Crippen molar-refractivity contribution < 1.29 is 4.79 Å². The van der Waals surface area contributed by atoms with Crippen molar-refractivity contribution in [3.63, 3.8) is 0 Å². The molecule has 8 heteroatoms. The molecule has 0 radical (unpaired) electrons. The lowest BCUT2D eigenvalue weighted by atomic mass is 10.1. The molecule has 0 spiro atoms. The fourth-order valence-electron chi connectivity index (χ4n) is 3.31. The van der Waals surface area contributed by atoms with E-state index in [9.17, 15) is 9.59 Å². The Morgan fingerprint density at radius 3 is 2.67 bits per heavy atom. The molecular formula is C25H22N4O2S2. The van der Waals surface area contributed by atoms with Crippen LogP contribution in [0.4, 0.5) is 0 Å². The summed E-state index contributed by atoms with van der Waals surface area (Å²) in [5, 5.41) is 11.8. The van der Waals surface area contributed by atoms with Gasteiger partial charge in [-0.05, 0) is 24.1 Å². The molecule has 0 aliphatic rings. The highest BCUT2D eigenvalue weighted by Crippen LogP contribution is 2.32. The molecule has 2 aromatic carbocycles. The second-order valence-electron chi connectivity index (χ2n) is 7.51. The van der Waals surface area contributed by atoms with E-state index >= 15 is 0 Å². The van der Waals surface area contributed by atoms with E-state index in [1.165, 1.54) is 28.7 Å². The smallest absolute Gasteiger partial charge is 0.272 e. The van der Waals surface area contributed by atoms with Crippen molar-refractivity contribution in [3.05, 3.63) is 82.1 Å². The number of hydrogen-bond acceptors (Lipinski definition) is 6. The molecule has 2 heterocycles. The van der Waals surface area contributed by atoms with Gasteiger partial charge in [0.2, 0.25) is 5.91 Å².